The molecule has 1 atom stereocenters. The fourth-order valence-corrected chi connectivity index (χ4v) is 2.78. The van der Waals surface area contributed by atoms with E-state index in [4.69, 9.17) is 10.5 Å². The number of hydrogen-bond donors (Lipinski definition) is 1. The summed E-state index contributed by atoms with van der Waals surface area (Å²) in [6.45, 7) is 7.24. The van der Waals surface area contributed by atoms with Gasteiger partial charge in [0.05, 0.1) is 0 Å². The van der Waals surface area contributed by atoms with Gasteiger partial charge in [-0.2, -0.15) is 0 Å². The third-order valence-electron chi connectivity index (χ3n) is 3.89. The minimum absolute atomic E-state index is 0.167. The first-order valence-electron chi connectivity index (χ1n) is 6.58. The van der Waals surface area contributed by atoms with Gasteiger partial charge in [0.2, 0.25) is 0 Å². The molecule has 0 aromatic carbocycles. The zero-order valence-corrected chi connectivity index (χ0v) is 11.2. The largest absolute Gasteiger partial charge is 0.444 e. The smallest absolute Gasteiger partial charge is 0.410 e. The summed E-state index contributed by atoms with van der Waals surface area (Å²) in [5, 5.41) is 0. The first-order valence-corrected chi connectivity index (χ1v) is 6.58. The quantitative estimate of drug-likeness (QED) is 0.804. The van der Waals surface area contributed by atoms with E-state index in [0.29, 0.717) is 12.6 Å². The van der Waals surface area contributed by atoms with Crippen molar-refractivity contribution in [3.8, 4) is 0 Å². The van der Waals surface area contributed by atoms with Crippen molar-refractivity contribution >= 4 is 6.09 Å². The summed E-state index contributed by atoms with van der Waals surface area (Å²) in [5.74, 6) is 0. The third kappa shape index (κ3) is 2.57. The molecule has 0 spiro atoms. The van der Waals surface area contributed by atoms with E-state index in [1.165, 1.54) is 0 Å². The van der Waals surface area contributed by atoms with Gasteiger partial charge in [0.25, 0.3) is 0 Å². The summed E-state index contributed by atoms with van der Waals surface area (Å²) in [7, 11) is 0. The molecule has 1 saturated carbocycles. The van der Waals surface area contributed by atoms with Gasteiger partial charge in [-0.1, -0.05) is 0 Å². The Morgan fingerprint density at radius 3 is 2.59 bits per heavy atom. The molecule has 2 rings (SSSR count). The molecule has 1 amide bonds. The number of likely N-dealkylation sites (tertiary alicyclic amines) is 1. The van der Waals surface area contributed by atoms with Gasteiger partial charge in [-0.05, 0) is 53.0 Å². The van der Waals surface area contributed by atoms with Crippen molar-refractivity contribution in [2.75, 3.05) is 13.1 Å². The molecule has 1 aliphatic heterocycles. The molecular formula is C13H24N2O2. The molecule has 4 heteroatoms. The van der Waals surface area contributed by atoms with Gasteiger partial charge in [-0.3, -0.25) is 0 Å². The van der Waals surface area contributed by atoms with Crippen LogP contribution in [0.15, 0.2) is 0 Å². The van der Waals surface area contributed by atoms with Crippen molar-refractivity contribution in [2.45, 2.75) is 58.1 Å². The monoisotopic (exact) mass is 240 g/mol. The Balaban J connectivity index is 2.02. The van der Waals surface area contributed by atoms with Gasteiger partial charge in [-0.15, -0.1) is 0 Å². The van der Waals surface area contributed by atoms with Gasteiger partial charge in [0.15, 0.2) is 0 Å². The molecule has 17 heavy (non-hydrogen) atoms. The van der Waals surface area contributed by atoms with E-state index in [1.807, 2.05) is 25.7 Å². The normalized spacial score (nSPS) is 27.1. The molecule has 2 fully saturated rings. The van der Waals surface area contributed by atoms with E-state index in [-0.39, 0.29) is 11.5 Å². The molecule has 1 aliphatic carbocycles. The summed E-state index contributed by atoms with van der Waals surface area (Å²) in [6, 6.07) is 0.308. The predicted octanol–water partition coefficient (Wildman–Crippen LogP) is 2.12. The van der Waals surface area contributed by atoms with E-state index < -0.39 is 5.60 Å². The lowest BCUT2D eigenvalue weighted by atomic mass is 9.94. The highest BCUT2D eigenvalue weighted by molar-refractivity contribution is 5.69. The van der Waals surface area contributed by atoms with Crippen molar-refractivity contribution in [3.63, 3.8) is 0 Å². The van der Waals surface area contributed by atoms with Crippen molar-refractivity contribution in [2.24, 2.45) is 11.1 Å². The number of carbonyl (C=O) groups is 1. The number of hydrogen-bond acceptors (Lipinski definition) is 3. The maximum atomic E-state index is 12.1. The van der Waals surface area contributed by atoms with Crippen molar-refractivity contribution in [1.82, 2.24) is 4.90 Å². The van der Waals surface area contributed by atoms with E-state index in [2.05, 4.69) is 0 Å². The van der Waals surface area contributed by atoms with Crippen LogP contribution >= 0.6 is 0 Å². The fourth-order valence-electron chi connectivity index (χ4n) is 2.78. The topological polar surface area (TPSA) is 55.6 Å². The average molecular weight is 240 g/mol. The van der Waals surface area contributed by atoms with E-state index in [0.717, 1.165) is 32.2 Å². The van der Waals surface area contributed by atoms with Crippen molar-refractivity contribution in [3.05, 3.63) is 0 Å². The van der Waals surface area contributed by atoms with E-state index in [9.17, 15) is 4.79 Å². The van der Waals surface area contributed by atoms with Crippen LogP contribution in [0.4, 0.5) is 4.79 Å². The molecule has 0 radical (unpaired) electrons. The predicted molar refractivity (Wildman–Crippen MR) is 66.7 cm³/mol. The SMILES string of the molecule is CC(C)(C)OC(=O)N1CCC[C@H]1C1(CN)CC1. The molecule has 0 bridgehead atoms. The van der Waals surface area contributed by atoms with Crippen LogP contribution in [0.25, 0.3) is 0 Å². The molecule has 2 N–H and O–H groups in total. The number of carbonyl (C=O) groups excluding carboxylic acids is 1. The lowest BCUT2D eigenvalue weighted by molar-refractivity contribution is 0.0164. The van der Waals surface area contributed by atoms with Crippen LogP contribution in [0, 0.1) is 5.41 Å². The fraction of sp³-hybridized carbons (Fsp3) is 0.923. The molecule has 0 aromatic rings. The summed E-state index contributed by atoms with van der Waals surface area (Å²) in [5.41, 5.74) is 5.65. The minimum Gasteiger partial charge on any atom is -0.444 e. The average Bonchev–Trinajstić information content (AvgIpc) is 2.85. The Morgan fingerprint density at radius 1 is 1.47 bits per heavy atom. The highest BCUT2D eigenvalue weighted by atomic mass is 16.6. The standard InChI is InChI=1S/C13H24N2O2/c1-12(2,3)17-11(16)15-8-4-5-10(15)13(9-14)6-7-13/h10H,4-9,14H2,1-3H3/t10-/m0/s1. The van der Waals surface area contributed by atoms with Crippen LogP contribution in [0.2, 0.25) is 0 Å². The number of nitrogens with zero attached hydrogens (tertiary/aromatic N) is 1. The highest BCUT2D eigenvalue weighted by Gasteiger charge is 2.53. The second kappa shape index (κ2) is 4.16. The first-order chi connectivity index (χ1) is 7.88. The minimum atomic E-state index is -0.413. The zero-order valence-electron chi connectivity index (χ0n) is 11.2. The number of nitrogens with two attached hydrogens (primary N) is 1. The van der Waals surface area contributed by atoms with Gasteiger partial charge in [-0.25, -0.2) is 4.79 Å². The van der Waals surface area contributed by atoms with Crippen molar-refractivity contribution in [1.29, 1.82) is 0 Å². The van der Waals surface area contributed by atoms with Gasteiger partial charge in [0.1, 0.15) is 5.60 Å². The zero-order chi connectivity index (χ0) is 12.7. The molecular weight excluding hydrogens is 216 g/mol. The summed E-state index contributed by atoms with van der Waals surface area (Å²) in [6.07, 6.45) is 4.31. The lowest BCUT2D eigenvalue weighted by Crippen LogP contribution is -2.45. The molecule has 1 saturated heterocycles. The van der Waals surface area contributed by atoms with E-state index in [1.54, 1.807) is 0 Å². The first kappa shape index (κ1) is 12.7. The number of amides is 1. The molecule has 4 nitrogen and oxygen atoms in total. The van der Waals surface area contributed by atoms with Crippen LogP contribution in [-0.4, -0.2) is 35.7 Å². The maximum absolute atomic E-state index is 12.1. The van der Waals surface area contributed by atoms with Crippen LogP contribution < -0.4 is 5.73 Å². The lowest BCUT2D eigenvalue weighted by Gasteiger charge is -2.32. The van der Waals surface area contributed by atoms with Crippen LogP contribution in [0.3, 0.4) is 0 Å². The Kier molecular flexibility index (Phi) is 3.10. The summed E-state index contributed by atoms with van der Waals surface area (Å²) >= 11 is 0. The number of rotatable bonds is 2. The Morgan fingerprint density at radius 2 is 2.12 bits per heavy atom. The van der Waals surface area contributed by atoms with Gasteiger partial charge < -0.3 is 15.4 Å². The molecule has 2 aliphatic rings. The van der Waals surface area contributed by atoms with Gasteiger partial charge >= 0.3 is 6.09 Å². The van der Waals surface area contributed by atoms with Crippen LogP contribution in [0.1, 0.15) is 46.5 Å². The van der Waals surface area contributed by atoms with Crippen LogP contribution in [-0.2, 0) is 4.74 Å². The summed E-state index contributed by atoms with van der Waals surface area (Å²) < 4.78 is 5.47. The Labute approximate surface area is 103 Å². The molecule has 1 heterocycles. The van der Waals surface area contributed by atoms with Crippen molar-refractivity contribution < 1.29 is 9.53 Å². The second-order valence-electron chi connectivity index (χ2n) is 6.40. The highest BCUT2D eigenvalue weighted by Crippen LogP contribution is 2.52. The van der Waals surface area contributed by atoms with Crippen LogP contribution in [0.5, 0.6) is 0 Å². The molecule has 98 valence electrons. The molecule has 0 aromatic heterocycles. The molecule has 0 unspecified atom stereocenters. The Bertz CT molecular complexity index is 305. The second-order valence-corrected chi connectivity index (χ2v) is 6.40. The third-order valence-corrected chi connectivity index (χ3v) is 3.89. The number of ether oxygens (including phenoxy) is 1. The maximum Gasteiger partial charge on any atom is 0.410 e. The van der Waals surface area contributed by atoms with E-state index >= 15 is 0 Å². The summed E-state index contributed by atoms with van der Waals surface area (Å²) in [4.78, 5) is 14.0. The Hall–Kier alpha value is -0.770. The van der Waals surface area contributed by atoms with Gasteiger partial charge in [0, 0.05) is 18.0 Å².